The molecule has 0 spiro atoms. The van der Waals surface area contributed by atoms with Crippen LogP contribution in [0.1, 0.15) is 6.42 Å². The van der Waals surface area contributed by atoms with Gasteiger partial charge in [0.05, 0.1) is 12.7 Å². The number of hydrogen-bond donors (Lipinski definition) is 0. The van der Waals surface area contributed by atoms with Crippen LogP contribution in [0.15, 0.2) is 0 Å². The van der Waals surface area contributed by atoms with Crippen LogP contribution in [0.25, 0.3) is 0 Å². The summed E-state index contributed by atoms with van der Waals surface area (Å²) in [6.45, 7) is 0.877. The van der Waals surface area contributed by atoms with Crippen LogP contribution in [-0.4, -0.2) is 42.8 Å². The average Bonchev–Trinajstić information content (AvgIpc) is 2.92. The minimum Gasteiger partial charge on any atom is -0.377 e. The van der Waals surface area contributed by atoms with Crippen LogP contribution in [0, 0.1) is 0 Å². The third-order valence-corrected chi connectivity index (χ3v) is 4.87. The van der Waals surface area contributed by atoms with Gasteiger partial charge in [-0.05, 0) is 6.42 Å². The molecule has 0 aromatic heterocycles. The maximum absolute atomic E-state index is 5.25. The van der Waals surface area contributed by atoms with Gasteiger partial charge in [0.1, 0.15) is 0 Å². The summed E-state index contributed by atoms with van der Waals surface area (Å²) in [4.78, 5) is 0. The maximum atomic E-state index is 5.25. The number of rotatable bonds is 6. The van der Waals surface area contributed by atoms with E-state index >= 15 is 0 Å². The molecule has 1 atom stereocenters. The molecule has 1 aliphatic heterocycles. The minimum absolute atomic E-state index is 0.414. The van der Waals surface area contributed by atoms with Gasteiger partial charge in [-0.25, -0.2) is 0 Å². The van der Waals surface area contributed by atoms with Gasteiger partial charge in [0.2, 0.25) is 0 Å². The zero-order chi connectivity index (χ0) is 9.03. The second kappa shape index (κ2) is 4.34. The van der Waals surface area contributed by atoms with Crippen molar-refractivity contribution >= 4 is 8.80 Å². The molecule has 1 saturated heterocycles. The lowest BCUT2D eigenvalue weighted by molar-refractivity contribution is 0.122. The first-order chi connectivity index (χ1) is 5.76. The first kappa shape index (κ1) is 10.1. The van der Waals surface area contributed by atoms with Crippen LogP contribution in [0.5, 0.6) is 0 Å². The first-order valence-electron chi connectivity index (χ1n) is 4.03. The Morgan fingerprint density at radius 2 is 1.75 bits per heavy atom. The molecule has 0 saturated carbocycles. The Labute approximate surface area is 74.1 Å². The van der Waals surface area contributed by atoms with Crippen LogP contribution < -0.4 is 0 Å². The second-order valence-corrected chi connectivity index (χ2v) is 5.88. The molecule has 4 nitrogen and oxygen atoms in total. The highest BCUT2D eigenvalue weighted by Crippen LogP contribution is 2.22. The third-order valence-electron chi connectivity index (χ3n) is 2.11. The van der Waals surface area contributed by atoms with Crippen molar-refractivity contribution in [2.24, 2.45) is 0 Å². The molecule has 72 valence electrons. The van der Waals surface area contributed by atoms with E-state index in [0.717, 1.165) is 19.1 Å². The molecule has 1 fully saturated rings. The molecule has 0 unspecified atom stereocenters. The van der Waals surface area contributed by atoms with E-state index in [-0.39, 0.29) is 0 Å². The lowest BCUT2D eigenvalue weighted by Crippen LogP contribution is -2.42. The Hall–Kier alpha value is 0.0569. The summed E-state index contributed by atoms with van der Waals surface area (Å²) in [5.41, 5.74) is 0. The standard InChI is InChI=1S/C7H16O4Si/c1-8-12(9-2,10-3)5-4-7-6-11-7/h7H,4-6H2,1-3H3/t7-/m0/s1. The molecule has 5 heteroatoms. The SMILES string of the molecule is CO[Si](CC[C@H]1CO1)(OC)OC. The molecule has 12 heavy (non-hydrogen) atoms. The van der Waals surface area contributed by atoms with E-state index in [1.807, 2.05) is 0 Å². The smallest absolute Gasteiger partial charge is 0.377 e. The van der Waals surface area contributed by atoms with Gasteiger partial charge in [0.15, 0.2) is 0 Å². The van der Waals surface area contributed by atoms with Gasteiger partial charge in [-0.15, -0.1) is 0 Å². The Morgan fingerprint density at radius 3 is 2.08 bits per heavy atom. The Kier molecular flexibility index (Phi) is 3.67. The fraction of sp³-hybridized carbons (Fsp3) is 1.00. The first-order valence-corrected chi connectivity index (χ1v) is 5.96. The quantitative estimate of drug-likeness (QED) is 0.458. The molecule has 0 radical (unpaired) electrons. The van der Waals surface area contributed by atoms with Crippen LogP contribution in [0.4, 0.5) is 0 Å². The zero-order valence-corrected chi connectivity index (χ0v) is 8.83. The van der Waals surface area contributed by atoms with Gasteiger partial charge in [-0.3, -0.25) is 0 Å². The van der Waals surface area contributed by atoms with Crippen molar-refractivity contribution < 1.29 is 18.0 Å². The molecular formula is C7H16O4Si. The summed E-state index contributed by atoms with van der Waals surface area (Å²) in [5.74, 6) is 0. The van der Waals surface area contributed by atoms with Gasteiger partial charge in [0, 0.05) is 27.4 Å². The lowest BCUT2D eigenvalue weighted by atomic mass is 10.4. The summed E-state index contributed by atoms with van der Waals surface area (Å²) >= 11 is 0. The van der Waals surface area contributed by atoms with Crippen LogP contribution in [0.3, 0.4) is 0 Å². The van der Waals surface area contributed by atoms with Crippen molar-refractivity contribution in [3.8, 4) is 0 Å². The van der Waals surface area contributed by atoms with Gasteiger partial charge < -0.3 is 18.0 Å². The van der Waals surface area contributed by atoms with Crippen LogP contribution in [0.2, 0.25) is 6.04 Å². The Morgan fingerprint density at radius 1 is 1.25 bits per heavy atom. The molecular weight excluding hydrogens is 176 g/mol. The largest absolute Gasteiger partial charge is 0.500 e. The van der Waals surface area contributed by atoms with Gasteiger partial charge in [-0.1, -0.05) is 0 Å². The fourth-order valence-corrected chi connectivity index (χ4v) is 2.92. The minimum atomic E-state index is -2.32. The summed E-state index contributed by atoms with van der Waals surface area (Å²) in [7, 11) is 2.58. The fourth-order valence-electron chi connectivity index (χ4n) is 1.13. The van der Waals surface area contributed by atoms with Crippen LogP contribution >= 0.6 is 0 Å². The predicted molar refractivity (Wildman–Crippen MR) is 45.9 cm³/mol. The zero-order valence-electron chi connectivity index (χ0n) is 7.83. The van der Waals surface area contributed by atoms with E-state index in [0.29, 0.717) is 6.10 Å². The molecule has 1 heterocycles. The van der Waals surface area contributed by atoms with E-state index in [9.17, 15) is 0 Å². The highest BCUT2D eigenvalue weighted by molar-refractivity contribution is 6.60. The number of ether oxygens (including phenoxy) is 1. The molecule has 1 aliphatic rings. The predicted octanol–water partition coefficient (Wildman–Crippen LogP) is 0.653. The topological polar surface area (TPSA) is 40.2 Å². The molecule has 0 bridgehead atoms. The Balaban J connectivity index is 2.28. The highest BCUT2D eigenvalue weighted by Gasteiger charge is 2.39. The molecule has 0 aromatic carbocycles. The Bertz CT molecular complexity index is 125. The summed E-state index contributed by atoms with van der Waals surface area (Å²) in [5, 5.41) is 0. The molecule has 0 amide bonds. The van der Waals surface area contributed by atoms with Gasteiger partial charge >= 0.3 is 8.80 Å². The van der Waals surface area contributed by atoms with Crippen LogP contribution in [-0.2, 0) is 18.0 Å². The van der Waals surface area contributed by atoms with Crippen molar-refractivity contribution in [3.05, 3.63) is 0 Å². The molecule has 1 rings (SSSR count). The summed E-state index contributed by atoms with van der Waals surface area (Å²) in [6, 6.07) is 0.834. The second-order valence-electron chi connectivity index (χ2n) is 2.79. The van der Waals surface area contributed by atoms with E-state index in [1.165, 1.54) is 0 Å². The van der Waals surface area contributed by atoms with Crippen molar-refractivity contribution in [2.45, 2.75) is 18.6 Å². The number of epoxide rings is 1. The molecule has 0 aromatic rings. The van der Waals surface area contributed by atoms with Crippen molar-refractivity contribution in [1.82, 2.24) is 0 Å². The lowest BCUT2D eigenvalue weighted by Gasteiger charge is -2.23. The summed E-state index contributed by atoms with van der Waals surface area (Å²) in [6.07, 6.45) is 1.39. The monoisotopic (exact) mass is 192 g/mol. The van der Waals surface area contributed by atoms with E-state index in [1.54, 1.807) is 21.3 Å². The molecule has 0 N–H and O–H groups in total. The van der Waals surface area contributed by atoms with Crippen molar-refractivity contribution in [1.29, 1.82) is 0 Å². The average molecular weight is 192 g/mol. The van der Waals surface area contributed by atoms with E-state index in [4.69, 9.17) is 18.0 Å². The maximum Gasteiger partial charge on any atom is 0.500 e. The highest BCUT2D eigenvalue weighted by atomic mass is 28.4. The number of hydrogen-bond acceptors (Lipinski definition) is 4. The normalized spacial score (nSPS) is 22.8. The van der Waals surface area contributed by atoms with E-state index < -0.39 is 8.80 Å². The van der Waals surface area contributed by atoms with Crippen molar-refractivity contribution in [2.75, 3.05) is 27.9 Å². The van der Waals surface area contributed by atoms with Gasteiger partial charge in [-0.2, -0.15) is 0 Å². The van der Waals surface area contributed by atoms with E-state index in [2.05, 4.69) is 0 Å². The van der Waals surface area contributed by atoms with Crippen molar-refractivity contribution in [3.63, 3.8) is 0 Å². The van der Waals surface area contributed by atoms with Gasteiger partial charge in [0.25, 0.3) is 0 Å². The summed E-state index contributed by atoms with van der Waals surface area (Å²) < 4.78 is 20.9. The third kappa shape index (κ3) is 2.53. The molecule has 0 aliphatic carbocycles.